The first-order valence-corrected chi connectivity index (χ1v) is 5.99. The summed E-state index contributed by atoms with van der Waals surface area (Å²) < 4.78 is 10.3. The second-order valence-corrected chi connectivity index (χ2v) is 4.26. The Balaban J connectivity index is 2.79. The molecule has 0 aliphatic rings. The maximum Gasteiger partial charge on any atom is 0.0637 e. The Kier molecular flexibility index (Phi) is 6.01. The minimum Gasteiger partial charge on any atom is -0.383 e. The molecule has 0 amide bonds. The molecule has 0 N–H and O–H groups in total. The number of ether oxygens (including phenoxy) is 2. The van der Waals surface area contributed by atoms with Gasteiger partial charge in [-0.1, -0.05) is 17.7 Å². The minimum atomic E-state index is 0.733. The molecule has 0 saturated heterocycles. The molecule has 0 atom stereocenters. The van der Waals surface area contributed by atoms with Gasteiger partial charge in [-0.25, -0.2) is 0 Å². The number of nitrogens with zero attached hydrogens (tertiary/aromatic N) is 1. The second-order valence-electron chi connectivity index (χ2n) is 4.26. The monoisotopic (exact) mass is 237 g/mol. The van der Waals surface area contributed by atoms with Crippen LogP contribution in [-0.2, 0) is 9.47 Å². The molecule has 0 saturated carbocycles. The fraction of sp³-hybridized carbons (Fsp3) is 0.571. The average Bonchev–Trinajstić information content (AvgIpc) is 2.30. The molecule has 0 heterocycles. The van der Waals surface area contributed by atoms with Crippen molar-refractivity contribution in [2.24, 2.45) is 0 Å². The van der Waals surface area contributed by atoms with E-state index >= 15 is 0 Å². The van der Waals surface area contributed by atoms with Crippen molar-refractivity contribution in [3.63, 3.8) is 0 Å². The highest BCUT2D eigenvalue weighted by Crippen LogP contribution is 2.20. The van der Waals surface area contributed by atoms with Crippen LogP contribution < -0.4 is 4.90 Å². The zero-order valence-corrected chi connectivity index (χ0v) is 11.3. The van der Waals surface area contributed by atoms with Crippen LogP contribution in [0.2, 0.25) is 0 Å². The molecule has 96 valence electrons. The van der Waals surface area contributed by atoms with Crippen LogP contribution in [0.1, 0.15) is 11.1 Å². The van der Waals surface area contributed by atoms with E-state index in [1.165, 1.54) is 16.8 Å². The summed E-state index contributed by atoms with van der Waals surface area (Å²) >= 11 is 0. The Labute approximate surface area is 104 Å². The summed E-state index contributed by atoms with van der Waals surface area (Å²) in [4.78, 5) is 2.31. The smallest absolute Gasteiger partial charge is 0.0637 e. The lowest BCUT2D eigenvalue weighted by atomic mass is 10.1. The molecule has 3 nitrogen and oxygen atoms in total. The molecule has 0 unspecified atom stereocenters. The SMILES string of the molecule is COCCN(CCOC)c1ccc(C)cc1C. The Bertz CT molecular complexity index is 331. The highest BCUT2D eigenvalue weighted by molar-refractivity contribution is 5.54. The van der Waals surface area contributed by atoms with Gasteiger partial charge in [0.15, 0.2) is 0 Å². The predicted molar refractivity (Wildman–Crippen MR) is 71.9 cm³/mol. The molecule has 1 aromatic rings. The van der Waals surface area contributed by atoms with Crippen LogP contribution >= 0.6 is 0 Å². The number of methoxy groups -OCH3 is 2. The lowest BCUT2D eigenvalue weighted by Gasteiger charge is -2.26. The molecule has 0 fully saturated rings. The Morgan fingerprint density at radius 3 is 2.06 bits per heavy atom. The number of anilines is 1. The Morgan fingerprint density at radius 2 is 1.59 bits per heavy atom. The first-order chi connectivity index (χ1) is 8.19. The fourth-order valence-corrected chi connectivity index (χ4v) is 1.92. The van der Waals surface area contributed by atoms with E-state index in [0.717, 1.165) is 26.3 Å². The van der Waals surface area contributed by atoms with Crippen LogP contribution in [0.5, 0.6) is 0 Å². The topological polar surface area (TPSA) is 21.7 Å². The van der Waals surface area contributed by atoms with E-state index in [9.17, 15) is 0 Å². The molecule has 0 aliphatic carbocycles. The summed E-state index contributed by atoms with van der Waals surface area (Å²) in [5.41, 5.74) is 3.87. The van der Waals surface area contributed by atoms with E-state index in [-0.39, 0.29) is 0 Å². The highest BCUT2D eigenvalue weighted by Gasteiger charge is 2.08. The van der Waals surface area contributed by atoms with Crippen molar-refractivity contribution < 1.29 is 9.47 Å². The van der Waals surface area contributed by atoms with Crippen molar-refractivity contribution in [1.82, 2.24) is 0 Å². The van der Waals surface area contributed by atoms with Gasteiger partial charge in [0.05, 0.1) is 13.2 Å². The van der Waals surface area contributed by atoms with Gasteiger partial charge in [-0.15, -0.1) is 0 Å². The molecule has 1 aromatic carbocycles. The number of benzene rings is 1. The molecule has 0 bridgehead atoms. The minimum absolute atomic E-state index is 0.733. The molecule has 1 rings (SSSR count). The summed E-state index contributed by atoms with van der Waals surface area (Å²) in [5.74, 6) is 0. The number of rotatable bonds is 7. The van der Waals surface area contributed by atoms with E-state index in [2.05, 4.69) is 36.9 Å². The summed E-state index contributed by atoms with van der Waals surface area (Å²) in [6, 6.07) is 6.53. The van der Waals surface area contributed by atoms with E-state index in [0.29, 0.717) is 0 Å². The van der Waals surface area contributed by atoms with Crippen molar-refractivity contribution in [3.8, 4) is 0 Å². The van der Waals surface area contributed by atoms with Crippen LogP contribution in [0.15, 0.2) is 18.2 Å². The van der Waals surface area contributed by atoms with Gasteiger partial charge in [-0.2, -0.15) is 0 Å². The number of aryl methyl sites for hydroxylation is 2. The Morgan fingerprint density at radius 1 is 1.00 bits per heavy atom. The summed E-state index contributed by atoms with van der Waals surface area (Å²) in [5, 5.41) is 0. The molecule has 17 heavy (non-hydrogen) atoms. The van der Waals surface area contributed by atoms with Gasteiger partial charge in [0, 0.05) is 33.0 Å². The third kappa shape index (κ3) is 4.36. The summed E-state index contributed by atoms with van der Waals surface area (Å²) in [6.07, 6.45) is 0. The molecule has 0 radical (unpaired) electrons. The van der Waals surface area contributed by atoms with E-state index in [1.54, 1.807) is 14.2 Å². The predicted octanol–water partition coefficient (Wildman–Crippen LogP) is 2.40. The number of hydrogen-bond donors (Lipinski definition) is 0. The van der Waals surface area contributed by atoms with Crippen LogP contribution in [0, 0.1) is 13.8 Å². The third-order valence-electron chi connectivity index (χ3n) is 2.82. The zero-order chi connectivity index (χ0) is 12.7. The lowest BCUT2D eigenvalue weighted by molar-refractivity contribution is 0.190. The van der Waals surface area contributed by atoms with Crippen molar-refractivity contribution in [3.05, 3.63) is 29.3 Å². The second kappa shape index (κ2) is 7.30. The van der Waals surface area contributed by atoms with Gasteiger partial charge in [-0.3, -0.25) is 0 Å². The molecular weight excluding hydrogens is 214 g/mol. The summed E-state index contributed by atoms with van der Waals surface area (Å²) in [6.45, 7) is 7.52. The van der Waals surface area contributed by atoms with Gasteiger partial charge >= 0.3 is 0 Å². The van der Waals surface area contributed by atoms with E-state index < -0.39 is 0 Å². The standard InChI is InChI=1S/C14H23NO2/c1-12-5-6-14(13(2)11-12)15(7-9-16-3)8-10-17-4/h5-6,11H,7-10H2,1-4H3. The molecule has 0 aliphatic heterocycles. The maximum absolute atomic E-state index is 5.15. The van der Waals surface area contributed by atoms with Crippen LogP contribution in [0.3, 0.4) is 0 Å². The van der Waals surface area contributed by atoms with Crippen LogP contribution in [-0.4, -0.2) is 40.5 Å². The van der Waals surface area contributed by atoms with Crippen LogP contribution in [0.4, 0.5) is 5.69 Å². The first kappa shape index (κ1) is 14.0. The van der Waals surface area contributed by atoms with E-state index in [4.69, 9.17) is 9.47 Å². The fourth-order valence-electron chi connectivity index (χ4n) is 1.92. The van der Waals surface area contributed by atoms with Gasteiger partial charge in [0.1, 0.15) is 0 Å². The van der Waals surface area contributed by atoms with Gasteiger partial charge in [0.2, 0.25) is 0 Å². The molecular formula is C14H23NO2. The van der Waals surface area contributed by atoms with Crippen molar-refractivity contribution in [2.45, 2.75) is 13.8 Å². The van der Waals surface area contributed by atoms with Crippen LogP contribution in [0.25, 0.3) is 0 Å². The van der Waals surface area contributed by atoms with Gasteiger partial charge in [-0.05, 0) is 25.5 Å². The zero-order valence-electron chi connectivity index (χ0n) is 11.3. The van der Waals surface area contributed by atoms with Crippen molar-refractivity contribution in [1.29, 1.82) is 0 Å². The first-order valence-electron chi connectivity index (χ1n) is 5.99. The van der Waals surface area contributed by atoms with Crippen molar-refractivity contribution in [2.75, 3.05) is 45.4 Å². The maximum atomic E-state index is 5.15. The molecule has 0 aromatic heterocycles. The largest absolute Gasteiger partial charge is 0.383 e. The van der Waals surface area contributed by atoms with E-state index in [1.807, 2.05) is 0 Å². The molecule has 0 spiro atoms. The third-order valence-corrected chi connectivity index (χ3v) is 2.82. The number of hydrogen-bond acceptors (Lipinski definition) is 3. The summed E-state index contributed by atoms with van der Waals surface area (Å²) in [7, 11) is 3.47. The Hall–Kier alpha value is -1.06. The quantitative estimate of drug-likeness (QED) is 0.727. The normalized spacial score (nSPS) is 10.6. The average molecular weight is 237 g/mol. The molecule has 3 heteroatoms. The lowest BCUT2D eigenvalue weighted by Crippen LogP contribution is -2.31. The highest BCUT2D eigenvalue weighted by atomic mass is 16.5. The van der Waals surface area contributed by atoms with Gasteiger partial charge < -0.3 is 14.4 Å². The van der Waals surface area contributed by atoms with Crippen molar-refractivity contribution >= 4 is 5.69 Å². The van der Waals surface area contributed by atoms with Gasteiger partial charge in [0.25, 0.3) is 0 Å².